The van der Waals surface area contributed by atoms with Gasteiger partial charge >= 0.3 is 5.97 Å². The Morgan fingerprint density at radius 3 is 2.46 bits per heavy atom. The molecular formula is C34H34O5S2. The van der Waals surface area contributed by atoms with Gasteiger partial charge in [-0.05, 0) is 90.6 Å². The summed E-state index contributed by atoms with van der Waals surface area (Å²) in [6.07, 6.45) is 1.93. The van der Waals surface area contributed by atoms with Crippen LogP contribution in [0.1, 0.15) is 48.8 Å². The van der Waals surface area contributed by atoms with E-state index in [0.29, 0.717) is 19.1 Å². The van der Waals surface area contributed by atoms with Gasteiger partial charge in [0, 0.05) is 38.0 Å². The minimum atomic E-state index is -0.858. The zero-order valence-electron chi connectivity index (χ0n) is 23.4. The molecule has 5 nitrogen and oxygen atoms in total. The molecule has 41 heavy (non-hydrogen) atoms. The summed E-state index contributed by atoms with van der Waals surface area (Å²) in [6, 6.07) is 20.3. The van der Waals surface area contributed by atoms with Gasteiger partial charge in [-0.25, -0.2) is 0 Å². The smallest absolute Gasteiger partial charge is 0.304 e. The summed E-state index contributed by atoms with van der Waals surface area (Å²) in [5.41, 5.74) is 5.42. The van der Waals surface area contributed by atoms with Gasteiger partial charge in [0.1, 0.15) is 18.1 Å². The molecule has 4 aromatic rings. The topological polar surface area (TPSA) is 72.8 Å². The number of hydrogen-bond donors (Lipinski definition) is 1. The molecule has 1 unspecified atom stereocenters. The fourth-order valence-electron chi connectivity index (χ4n) is 5.17. The van der Waals surface area contributed by atoms with E-state index < -0.39 is 16.8 Å². The van der Waals surface area contributed by atoms with Crippen LogP contribution in [0.25, 0.3) is 21.2 Å². The van der Waals surface area contributed by atoms with Gasteiger partial charge in [-0.3, -0.25) is 9.00 Å². The molecule has 1 N–H and O–H groups in total. The SMILES string of the molecule is CC#CC(CC(=O)O)c1ccc(COc2ccc3scc(-c4ccc(OCC5CCS(=O)CC5)cc4C)c3c2)cc1. The lowest BCUT2D eigenvalue weighted by Crippen LogP contribution is -2.23. The van der Waals surface area contributed by atoms with Crippen molar-refractivity contribution in [3.05, 3.63) is 82.7 Å². The Morgan fingerprint density at radius 2 is 1.76 bits per heavy atom. The van der Waals surface area contributed by atoms with Crippen molar-refractivity contribution in [3.63, 3.8) is 0 Å². The number of ether oxygens (including phenoxy) is 2. The van der Waals surface area contributed by atoms with E-state index in [-0.39, 0.29) is 12.3 Å². The minimum Gasteiger partial charge on any atom is -0.493 e. The molecule has 1 fully saturated rings. The van der Waals surface area contributed by atoms with Crippen molar-refractivity contribution < 1.29 is 23.6 Å². The summed E-state index contributed by atoms with van der Waals surface area (Å²) in [7, 11) is -0.647. The first kappa shape index (κ1) is 28.9. The molecule has 5 rings (SSSR count). The number of thiophene rings is 1. The van der Waals surface area contributed by atoms with Crippen molar-refractivity contribution in [1.29, 1.82) is 0 Å². The van der Waals surface area contributed by atoms with E-state index >= 15 is 0 Å². The number of aliphatic carboxylic acids is 1. The Balaban J connectivity index is 1.25. The molecule has 1 saturated heterocycles. The number of carboxylic acid groups (broad SMARTS) is 1. The first-order chi connectivity index (χ1) is 19.9. The molecule has 2 heterocycles. The fourth-order valence-corrected chi connectivity index (χ4v) is 7.51. The molecular weight excluding hydrogens is 553 g/mol. The van der Waals surface area contributed by atoms with Crippen molar-refractivity contribution in [2.24, 2.45) is 5.92 Å². The van der Waals surface area contributed by atoms with Gasteiger partial charge in [0.2, 0.25) is 0 Å². The summed E-state index contributed by atoms with van der Waals surface area (Å²) in [4.78, 5) is 11.2. The lowest BCUT2D eigenvalue weighted by Gasteiger charge is -2.21. The lowest BCUT2D eigenvalue weighted by molar-refractivity contribution is -0.137. The Morgan fingerprint density at radius 1 is 1.02 bits per heavy atom. The van der Waals surface area contributed by atoms with Crippen LogP contribution in [0.2, 0.25) is 0 Å². The van der Waals surface area contributed by atoms with Crippen LogP contribution in [0.5, 0.6) is 11.5 Å². The van der Waals surface area contributed by atoms with Gasteiger partial charge in [0.05, 0.1) is 18.9 Å². The number of rotatable bonds is 10. The normalized spacial score (nSPS) is 17.4. The average Bonchev–Trinajstić information content (AvgIpc) is 3.39. The van der Waals surface area contributed by atoms with Gasteiger partial charge < -0.3 is 14.6 Å². The molecule has 1 aliphatic rings. The number of fused-ring (bicyclic) bond motifs is 1. The van der Waals surface area contributed by atoms with E-state index in [0.717, 1.165) is 57.9 Å². The van der Waals surface area contributed by atoms with Crippen molar-refractivity contribution >= 4 is 38.2 Å². The van der Waals surface area contributed by atoms with Gasteiger partial charge in [-0.2, -0.15) is 0 Å². The quantitative estimate of drug-likeness (QED) is 0.194. The van der Waals surface area contributed by atoms with Gasteiger partial charge in [0.15, 0.2) is 0 Å². The molecule has 212 valence electrons. The summed E-state index contributed by atoms with van der Waals surface area (Å²) >= 11 is 1.72. The molecule has 1 aliphatic heterocycles. The second-order valence-electron chi connectivity index (χ2n) is 10.5. The third-order valence-corrected chi connectivity index (χ3v) is 9.86. The van der Waals surface area contributed by atoms with E-state index in [2.05, 4.69) is 48.4 Å². The highest BCUT2D eigenvalue weighted by Crippen LogP contribution is 2.38. The Kier molecular flexibility index (Phi) is 9.43. The first-order valence-corrected chi connectivity index (χ1v) is 16.2. The monoisotopic (exact) mass is 586 g/mol. The number of carboxylic acids is 1. The van der Waals surface area contributed by atoms with Crippen molar-refractivity contribution in [1.82, 2.24) is 0 Å². The fraction of sp³-hybridized carbons (Fsp3) is 0.324. The highest BCUT2D eigenvalue weighted by molar-refractivity contribution is 7.85. The standard InChI is InChI=1S/C34H34O5S2/c1-3-4-27(18-34(35)36)26-7-5-24(6-8-26)20-39-29-10-12-33-31(19-29)32(22-40-33)30-11-9-28(17-23(30)2)38-21-25-13-15-41(37)16-14-25/h5-12,17,19,22,25,27H,13-16,18,20-21H2,1-2H3,(H,35,36). The lowest BCUT2D eigenvalue weighted by atomic mass is 9.95. The maximum absolute atomic E-state index is 11.6. The zero-order chi connectivity index (χ0) is 28.8. The van der Waals surface area contributed by atoms with Crippen molar-refractivity contribution in [3.8, 4) is 34.5 Å². The summed E-state index contributed by atoms with van der Waals surface area (Å²) in [6.45, 7) is 4.93. The number of hydrogen-bond acceptors (Lipinski definition) is 5. The van der Waals surface area contributed by atoms with Crippen molar-refractivity contribution in [2.45, 2.75) is 45.6 Å². The number of carbonyl (C=O) groups is 1. The van der Waals surface area contributed by atoms with E-state index in [1.807, 2.05) is 36.4 Å². The maximum Gasteiger partial charge on any atom is 0.304 e. The summed E-state index contributed by atoms with van der Waals surface area (Å²) < 4.78 is 25.1. The average molecular weight is 587 g/mol. The molecule has 7 heteroatoms. The largest absolute Gasteiger partial charge is 0.493 e. The first-order valence-electron chi connectivity index (χ1n) is 13.9. The third kappa shape index (κ3) is 7.38. The molecule has 0 saturated carbocycles. The third-order valence-electron chi connectivity index (χ3n) is 7.51. The molecule has 0 bridgehead atoms. The predicted octanol–water partition coefficient (Wildman–Crippen LogP) is 7.57. The van der Waals surface area contributed by atoms with Crippen LogP contribution < -0.4 is 9.47 Å². The van der Waals surface area contributed by atoms with Crippen LogP contribution >= 0.6 is 11.3 Å². The molecule has 1 aromatic heterocycles. The Labute approximate surface area is 248 Å². The minimum absolute atomic E-state index is 0.0144. The van der Waals surface area contributed by atoms with Crippen LogP contribution in [0.15, 0.2) is 66.0 Å². The zero-order valence-corrected chi connectivity index (χ0v) is 25.0. The van der Waals surface area contributed by atoms with Crippen LogP contribution in [-0.2, 0) is 22.2 Å². The molecule has 1 atom stereocenters. The van der Waals surface area contributed by atoms with E-state index in [4.69, 9.17) is 9.47 Å². The Bertz CT molecular complexity index is 1600. The summed E-state index contributed by atoms with van der Waals surface area (Å²) in [5, 5.41) is 12.5. The second kappa shape index (κ2) is 13.4. The van der Waals surface area contributed by atoms with Gasteiger partial charge in [-0.1, -0.05) is 36.3 Å². The highest BCUT2D eigenvalue weighted by Gasteiger charge is 2.19. The Hall–Kier alpha value is -3.60. The van der Waals surface area contributed by atoms with E-state index in [1.165, 1.54) is 15.8 Å². The van der Waals surface area contributed by atoms with Crippen LogP contribution in [0.3, 0.4) is 0 Å². The van der Waals surface area contributed by atoms with Crippen LogP contribution in [0, 0.1) is 24.7 Å². The molecule has 3 aromatic carbocycles. The summed E-state index contributed by atoms with van der Waals surface area (Å²) in [5.74, 6) is 8.39. The molecule has 0 spiro atoms. The van der Waals surface area contributed by atoms with Crippen LogP contribution in [-0.4, -0.2) is 33.4 Å². The number of aryl methyl sites for hydroxylation is 1. The molecule has 0 amide bonds. The predicted molar refractivity (Wildman–Crippen MR) is 167 cm³/mol. The maximum atomic E-state index is 11.6. The second-order valence-corrected chi connectivity index (χ2v) is 13.1. The van der Waals surface area contributed by atoms with Gasteiger partial charge in [-0.15, -0.1) is 17.3 Å². The van der Waals surface area contributed by atoms with E-state index in [1.54, 1.807) is 18.3 Å². The molecule has 0 aliphatic carbocycles. The van der Waals surface area contributed by atoms with Crippen molar-refractivity contribution in [2.75, 3.05) is 18.1 Å². The van der Waals surface area contributed by atoms with E-state index in [9.17, 15) is 14.1 Å². The number of benzene rings is 3. The highest BCUT2D eigenvalue weighted by atomic mass is 32.2. The van der Waals surface area contributed by atoms with Gasteiger partial charge in [0.25, 0.3) is 0 Å². The van der Waals surface area contributed by atoms with Crippen LogP contribution in [0.4, 0.5) is 0 Å². The molecule has 0 radical (unpaired) electrons.